The summed E-state index contributed by atoms with van der Waals surface area (Å²) in [7, 11) is -2.92. The molecule has 0 bridgehead atoms. The Morgan fingerprint density at radius 3 is 2.43 bits per heavy atom. The number of nitrogens with one attached hydrogen (secondary N) is 2. The Kier molecular flexibility index (Phi) is 6.53. The number of carbonyl (C=O) groups is 2. The number of aryl methyl sites for hydroxylation is 1. The number of carbonyl (C=O) groups excluding carboxylic acids is 2. The van der Waals surface area contributed by atoms with Crippen LogP contribution < -0.4 is 10.0 Å². The summed E-state index contributed by atoms with van der Waals surface area (Å²) in [6.45, 7) is 2.28. The molecule has 156 valence electrons. The molecule has 1 heterocycles. The number of anilines is 1. The first-order valence-corrected chi connectivity index (χ1v) is 11.3. The van der Waals surface area contributed by atoms with Crippen LogP contribution in [0.5, 0.6) is 0 Å². The molecule has 0 saturated carbocycles. The van der Waals surface area contributed by atoms with Crippen LogP contribution in [0.3, 0.4) is 0 Å². The summed E-state index contributed by atoms with van der Waals surface area (Å²) in [4.78, 5) is 24.3. The van der Waals surface area contributed by atoms with Crippen LogP contribution in [-0.2, 0) is 21.3 Å². The van der Waals surface area contributed by atoms with E-state index in [4.69, 9.17) is 0 Å². The molecule has 0 aliphatic carbocycles. The summed E-state index contributed by atoms with van der Waals surface area (Å²) in [5, 5.41) is 4.28. The number of ether oxygens (including phenoxy) is 1. The molecule has 0 radical (unpaired) electrons. The minimum atomic E-state index is -4.10. The number of methoxy groups -OCH3 is 1. The Balaban J connectivity index is 1.81. The van der Waals surface area contributed by atoms with Gasteiger partial charge in [0.2, 0.25) is 0 Å². The molecule has 7 nitrogen and oxygen atoms in total. The van der Waals surface area contributed by atoms with Gasteiger partial charge >= 0.3 is 5.97 Å². The second-order valence-corrected chi connectivity index (χ2v) is 8.99. The standard InChI is InChI=1S/C21H20N2O5S2/c1-14-7-9-15(10-8-14)13-22-20(24)16-5-3-4-6-17(16)23-30(26,27)18-11-12-29-19(18)21(25)28-2/h3-12,23H,13H2,1-2H3,(H,22,24). The van der Waals surface area contributed by atoms with E-state index in [-0.39, 0.29) is 21.0 Å². The fourth-order valence-corrected chi connectivity index (χ4v) is 5.12. The van der Waals surface area contributed by atoms with E-state index in [0.717, 1.165) is 22.5 Å². The molecule has 1 aromatic heterocycles. The second-order valence-electron chi connectivity index (χ2n) is 6.42. The van der Waals surface area contributed by atoms with Crippen molar-refractivity contribution in [2.45, 2.75) is 18.4 Å². The third kappa shape index (κ3) is 4.87. The Morgan fingerprint density at radius 1 is 1.03 bits per heavy atom. The number of thiophene rings is 1. The lowest BCUT2D eigenvalue weighted by Gasteiger charge is -2.13. The zero-order valence-electron chi connectivity index (χ0n) is 16.3. The summed E-state index contributed by atoms with van der Waals surface area (Å²) in [5.74, 6) is -1.16. The van der Waals surface area contributed by atoms with Gasteiger partial charge in [0.05, 0.1) is 18.4 Å². The molecule has 3 rings (SSSR count). The number of sulfonamides is 1. The molecule has 0 atom stereocenters. The lowest BCUT2D eigenvalue weighted by atomic mass is 10.1. The maximum absolute atomic E-state index is 12.8. The predicted molar refractivity (Wildman–Crippen MR) is 115 cm³/mol. The minimum absolute atomic E-state index is 0.0358. The molecular formula is C21H20N2O5S2. The van der Waals surface area contributed by atoms with Crippen molar-refractivity contribution in [2.24, 2.45) is 0 Å². The molecule has 1 amide bonds. The van der Waals surface area contributed by atoms with Crippen LogP contribution in [0, 0.1) is 6.92 Å². The summed E-state index contributed by atoms with van der Waals surface area (Å²) >= 11 is 0.964. The van der Waals surface area contributed by atoms with Crippen LogP contribution in [-0.4, -0.2) is 27.4 Å². The molecule has 2 aromatic carbocycles. The molecule has 9 heteroatoms. The largest absolute Gasteiger partial charge is 0.465 e. The van der Waals surface area contributed by atoms with E-state index < -0.39 is 21.9 Å². The van der Waals surface area contributed by atoms with Crippen LogP contribution in [0.15, 0.2) is 64.9 Å². The number of para-hydroxylation sites is 1. The number of benzene rings is 2. The topological polar surface area (TPSA) is 102 Å². The van der Waals surface area contributed by atoms with E-state index in [9.17, 15) is 18.0 Å². The maximum Gasteiger partial charge on any atom is 0.349 e. The van der Waals surface area contributed by atoms with Crippen LogP contribution in [0.1, 0.15) is 31.2 Å². The van der Waals surface area contributed by atoms with Gasteiger partial charge < -0.3 is 10.1 Å². The monoisotopic (exact) mass is 444 g/mol. The van der Waals surface area contributed by atoms with E-state index in [1.807, 2.05) is 31.2 Å². The Hall–Kier alpha value is -3.17. The van der Waals surface area contributed by atoms with Crippen molar-refractivity contribution in [3.05, 3.63) is 81.5 Å². The van der Waals surface area contributed by atoms with Crippen molar-refractivity contribution in [3.8, 4) is 0 Å². The third-order valence-corrected chi connectivity index (χ3v) is 6.71. The summed E-state index contributed by atoms with van der Waals surface area (Å²) in [6, 6.07) is 15.3. The maximum atomic E-state index is 12.8. The number of rotatable bonds is 7. The first-order valence-electron chi connectivity index (χ1n) is 8.93. The van der Waals surface area contributed by atoms with Gasteiger partial charge in [-0.05, 0) is 36.1 Å². The van der Waals surface area contributed by atoms with Crippen LogP contribution >= 0.6 is 11.3 Å². The molecule has 30 heavy (non-hydrogen) atoms. The van der Waals surface area contributed by atoms with Gasteiger partial charge in [0.15, 0.2) is 0 Å². The summed E-state index contributed by atoms with van der Waals surface area (Å²) in [6.07, 6.45) is 0. The van der Waals surface area contributed by atoms with Crippen LogP contribution in [0.4, 0.5) is 5.69 Å². The molecule has 0 unspecified atom stereocenters. The highest BCUT2D eigenvalue weighted by atomic mass is 32.2. The normalized spacial score (nSPS) is 11.0. The van der Waals surface area contributed by atoms with Crippen molar-refractivity contribution in [3.63, 3.8) is 0 Å². The quantitative estimate of drug-likeness (QED) is 0.543. The third-order valence-electron chi connectivity index (χ3n) is 4.28. The summed E-state index contributed by atoms with van der Waals surface area (Å²) < 4.78 is 32.7. The number of amides is 1. The van der Waals surface area contributed by atoms with Gasteiger partial charge in [0.25, 0.3) is 15.9 Å². The molecule has 2 N–H and O–H groups in total. The van der Waals surface area contributed by atoms with E-state index in [1.165, 1.54) is 30.7 Å². The molecule has 0 aliphatic heterocycles. The van der Waals surface area contributed by atoms with Gasteiger partial charge in [0, 0.05) is 6.54 Å². The van der Waals surface area contributed by atoms with E-state index in [1.54, 1.807) is 12.1 Å². The number of hydrogen-bond acceptors (Lipinski definition) is 6. The van der Waals surface area contributed by atoms with Crippen LogP contribution in [0.2, 0.25) is 0 Å². The molecule has 0 fully saturated rings. The van der Waals surface area contributed by atoms with Gasteiger partial charge in [-0.25, -0.2) is 13.2 Å². The highest BCUT2D eigenvalue weighted by Crippen LogP contribution is 2.26. The number of esters is 1. The SMILES string of the molecule is COC(=O)c1sccc1S(=O)(=O)Nc1ccccc1C(=O)NCc1ccc(C)cc1. The Labute approximate surface area is 178 Å². The summed E-state index contributed by atoms with van der Waals surface area (Å²) in [5.41, 5.74) is 2.32. The van der Waals surface area contributed by atoms with Gasteiger partial charge in [-0.15, -0.1) is 11.3 Å². The first-order chi connectivity index (χ1) is 14.3. The van der Waals surface area contributed by atoms with E-state index in [0.29, 0.717) is 6.54 Å². The lowest BCUT2D eigenvalue weighted by Crippen LogP contribution is -2.25. The smallest absolute Gasteiger partial charge is 0.349 e. The van der Waals surface area contributed by atoms with Gasteiger partial charge in [-0.1, -0.05) is 42.0 Å². The molecule has 0 spiro atoms. The van der Waals surface area contributed by atoms with E-state index >= 15 is 0 Å². The highest BCUT2D eigenvalue weighted by Gasteiger charge is 2.26. The second kappa shape index (κ2) is 9.10. The van der Waals surface area contributed by atoms with Crippen molar-refractivity contribution < 1.29 is 22.7 Å². The lowest BCUT2D eigenvalue weighted by molar-refractivity contribution is 0.0602. The molecule has 0 aliphatic rings. The minimum Gasteiger partial charge on any atom is -0.465 e. The Morgan fingerprint density at radius 2 is 1.73 bits per heavy atom. The predicted octanol–water partition coefficient (Wildman–Crippen LogP) is 3.57. The van der Waals surface area contributed by atoms with Gasteiger partial charge in [0.1, 0.15) is 9.77 Å². The molecule has 0 saturated heterocycles. The molecule has 3 aromatic rings. The number of hydrogen-bond donors (Lipinski definition) is 2. The average Bonchev–Trinajstić information content (AvgIpc) is 3.24. The highest BCUT2D eigenvalue weighted by molar-refractivity contribution is 7.93. The van der Waals surface area contributed by atoms with Gasteiger partial charge in [-0.2, -0.15) is 0 Å². The van der Waals surface area contributed by atoms with Crippen LogP contribution in [0.25, 0.3) is 0 Å². The first kappa shape index (κ1) is 21.5. The van der Waals surface area contributed by atoms with Crippen molar-refractivity contribution >= 4 is 38.9 Å². The average molecular weight is 445 g/mol. The van der Waals surface area contributed by atoms with Gasteiger partial charge in [-0.3, -0.25) is 9.52 Å². The molecular weight excluding hydrogens is 424 g/mol. The zero-order valence-corrected chi connectivity index (χ0v) is 18.0. The fourth-order valence-electron chi connectivity index (χ4n) is 2.70. The van der Waals surface area contributed by atoms with Crippen molar-refractivity contribution in [2.75, 3.05) is 11.8 Å². The zero-order chi connectivity index (χ0) is 21.7. The van der Waals surface area contributed by atoms with Crippen molar-refractivity contribution in [1.29, 1.82) is 0 Å². The van der Waals surface area contributed by atoms with E-state index in [2.05, 4.69) is 14.8 Å². The Bertz CT molecular complexity index is 1170. The fraction of sp³-hybridized carbons (Fsp3) is 0.143. The van der Waals surface area contributed by atoms with Crippen molar-refractivity contribution in [1.82, 2.24) is 5.32 Å².